The second-order valence-corrected chi connectivity index (χ2v) is 6.76. The number of hydrogen-bond donors (Lipinski definition) is 0. The summed E-state index contributed by atoms with van der Waals surface area (Å²) in [6, 6.07) is 25.0. The quantitative estimate of drug-likeness (QED) is 0.390. The first-order chi connectivity index (χ1) is 12.3. The molecule has 0 N–H and O–H groups in total. The summed E-state index contributed by atoms with van der Waals surface area (Å²) in [4.78, 5) is 4.85. The summed E-state index contributed by atoms with van der Waals surface area (Å²) in [5, 5.41) is 0.754. The van der Waals surface area contributed by atoms with Crippen LogP contribution < -0.4 is 0 Å². The summed E-state index contributed by atoms with van der Waals surface area (Å²) in [5.74, 6) is 1.000. The molecule has 2 heterocycles. The van der Waals surface area contributed by atoms with Crippen LogP contribution in [-0.2, 0) is 6.54 Å². The maximum Gasteiger partial charge on any atom is 0.141 e. The number of aromatic nitrogens is 2. The van der Waals surface area contributed by atoms with Gasteiger partial charge in [-0.1, -0.05) is 72.3 Å². The van der Waals surface area contributed by atoms with Crippen molar-refractivity contribution in [2.24, 2.45) is 0 Å². The molecule has 4 aromatic rings. The van der Waals surface area contributed by atoms with E-state index in [1.165, 1.54) is 16.7 Å². The molecule has 3 aromatic carbocycles. The third-order valence-electron chi connectivity index (χ3n) is 4.72. The van der Waals surface area contributed by atoms with Crippen LogP contribution in [0.5, 0.6) is 0 Å². The number of halogens is 1. The van der Waals surface area contributed by atoms with Gasteiger partial charge in [-0.05, 0) is 28.8 Å². The second kappa shape index (κ2) is 5.61. The highest BCUT2D eigenvalue weighted by molar-refractivity contribution is 6.30. The minimum absolute atomic E-state index is 0.754. The van der Waals surface area contributed by atoms with Gasteiger partial charge >= 0.3 is 0 Å². The van der Waals surface area contributed by atoms with Crippen LogP contribution in [0.15, 0.2) is 79.0 Å². The van der Waals surface area contributed by atoms with Gasteiger partial charge < -0.3 is 4.57 Å². The normalized spacial score (nSPS) is 12.0. The molecular weight excluding hydrogens is 328 g/mol. The molecule has 1 aromatic heterocycles. The lowest BCUT2D eigenvalue weighted by atomic mass is 10.0. The van der Waals surface area contributed by atoms with E-state index >= 15 is 0 Å². The van der Waals surface area contributed by atoms with E-state index in [9.17, 15) is 0 Å². The molecule has 0 atom stereocenters. The van der Waals surface area contributed by atoms with Gasteiger partial charge in [0.05, 0.1) is 5.69 Å². The number of hydrogen-bond acceptors (Lipinski definition) is 1. The molecule has 0 saturated heterocycles. The van der Waals surface area contributed by atoms with Crippen molar-refractivity contribution in [1.29, 1.82) is 0 Å². The largest absolute Gasteiger partial charge is 0.326 e. The van der Waals surface area contributed by atoms with Crippen LogP contribution in [0.4, 0.5) is 0 Å². The van der Waals surface area contributed by atoms with Gasteiger partial charge in [-0.2, -0.15) is 0 Å². The highest BCUT2D eigenvalue weighted by atomic mass is 35.5. The van der Waals surface area contributed by atoms with Crippen molar-refractivity contribution in [2.75, 3.05) is 0 Å². The van der Waals surface area contributed by atoms with Gasteiger partial charge in [0, 0.05) is 28.9 Å². The maximum atomic E-state index is 6.15. The van der Waals surface area contributed by atoms with Gasteiger partial charge in [-0.15, -0.1) is 0 Å². The highest BCUT2D eigenvalue weighted by Gasteiger charge is 2.21. The Hall–Kier alpha value is -2.84. The fraction of sp³-hybridized carbons (Fsp3) is 0.0455. The fourth-order valence-corrected chi connectivity index (χ4v) is 3.60. The SMILES string of the molecule is Clc1ccc2c(c1)-c1nc(-c3ccc(-c4ccccc4)cc3)cn1C2. The van der Waals surface area contributed by atoms with Crippen LogP contribution in [0, 0.1) is 0 Å². The van der Waals surface area contributed by atoms with Crippen molar-refractivity contribution < 1.29 is 0 Å². The van der Waals surface area contributed by atoms with E-state index in [-0.39, 0.29) is 0 Å². The molecule has 0 bridgehead atoms. The Morgan fingerprint density at radius 1 is 0.800 bits per heavy atom. The van der Waals surface area contributed by atoms with Crippen LogP contribution in [0.3, 0.4) is 0 Å². The monoisotopic (exact) mass is 342 g/mol. The van der Waals surface area contributed by atoms with Crippen molar-refractivity contribution >= 4 is 11.6 Å². The highest BCUT2D eigenvalue weighted by Crippen LogP contribution is 2.35. The lowest BCUT2D eigenvalue weighted by molar-refractivity contribution is 0.848. The summed E-state index contributed by atoms with van der Waals surface area (Å²) >= 11 is 6.15. The molecule has 2 nitrogen and oxygen atoms in total. The Labute approximate surface area is 151 Å². The Balaban J connectivity index is 1.51. The molecule has 120 valence electrons. The van der Waals surface area contributed by atoms with E-state index in [2.05, 4.69) is 65.4 Å². The molecule has 0 spiro atoms. The summed E-state index contributed by atoms with van der Waals surface area (Å²) in [6.45, 7) is 0.858. The minimum Gasteiger partial charge on any atom is -0.326 e. The molecule has 25 heavy (non-hydrogen) atoms. The lowest BCUT2D eigenvalue weighted by Crippen LogP contribution is -1.89. The molecule has 0 unspecified atom stereocenters. The average molecular weight is 343 g/mol. The molecule has 0 amide bonds. The third-order valence-corrected chi connectivity index (χ3v) is 4.95. The number of imidazole rings is 1. The Morgan fingerprint density at radius 3 is 2.32 bits per heavy atom. The van der Waals surface area contributed by atoms with E-state index in [1.54, 1.807) is 0 Å². The first-order valence-corrected chi connectivity index (χ1v) is 8.67. The van der Waals surface area contributed by atoms with Gasteiger partial charge in [0.2, 0.25) is 0 Å². The van der Waals surface area contributed by atoms with Crippen molar-refractivity contribution in [3.63, 3.8) is 0 Å². The van der Waals surface area contributed by atoms with E-state index in [0.29, 0.717) is 0 Å². The summed E-state index contributed by atoms with van der Waals surface area (Å²) in [5.41, 5.74) is 6.99. The fourth-order valence-electron chi connectivity index (χ4n) is 3.43. The maximum absolute atomic E-state index is 6.15. The molecule has 0 fully saturated rings. The van der Waals surface area contributed by atoms with Crippen molar-refractivity contribution in [3.8, 4) is 33.8 Å². The molecular formula is C22H15ClN2. The molecule has 1 aliphatic rings. The third kappa shape index (κ3) is 2.46. The first kappa shape index (κ1) is 14.5. The molecule has 3 heteroatoms. The summed E-state index contributed by atoms with van der Waals surface area (Å²) in [7, 11) is 0. The zero-order valence-electron chi connectivity index (χ0n) is 13.5. The van der Waals surface area contributed by atoms with E-state index < -0.39 is 0 Å². The zero-order valence-corrected chi connectivity index (χ0v) is 14.2. The van der Waals surface area contributed by atoms with Crippen molar-refractivity contribution in [2.45, 2.75) is 6.54 Å². The zero-order chi connectivity index (χ0) is 16.8. The molecule has 1 aliphatic heterocycles. The minimum atomic E-state index is 0.754. The van der Waals surface area contributed by atoms with Crippen LogP contribution >= 0.6 is 11.6 Å². The van der Waals surface area contributed by atoms with E-state index in [0.717, 1.165) is 34.2 Å². The molecule has 0 radical (unpaired) electrons. The predicted octanol–water partition coefficient (Wildman–Crippen LogP) is 5.90. The number of rotatable bonds is 2. The number of fused-ring (bicyclic) bond motifs is 3. The second-order valence-electron chi connectivity index (χ2n) is 6.32. The van der Waals surface area contributed by atoms with Gasteiger partial charge in [0.1, 0.15) is 5.82 Å². The topological polar surface area (TPSA) is 17.8 Å². The summed E-state index contributed by atoms with van der Waals surface area (Å²) < 4.78 is 2.20. The van der Waals surface area contributed by atoms with Crippen molar-refractivity contribution in [3.05, 3.63) is 89.6 Å². The predicted molar refractivity (Wildman–Crippen MR) is 103 cm³/mol. The molecule has 0 saturated carbocycles. The van der Waals surface area contributed by atoms with Gasteiger partial charge in [-0.25, -0.2) is 4.98 Å². The number of benzene rings is 3. The van der Waals surface area contributed by atoms with Gasteiger partial charge in [-0.3, -0.25) is 0 Å². The van der Waals surface area contributed by atoms with Crippen LogP contribution in [0.1, 0.15) is 5.56 Å². The first-order valence-electron chi connectivity index (χ1n) is 8.30. The van der Waals surface area contributed by atoms with Gasteiger partial charge in [0.25, 0.3) is 0 Å². The van der Waals surface area contributed by atoms with Crippen LogP contribution in [0.25, 0.3) is 33.8 Å². The summed E-state index contributed by atoms with van der Waals surface area (Å²) in [6.07, 6.45) is 2.13. The van der Waals surface area contributed by atoms with Crippen molar-refractivity contribution in [1.82, 2.24) is 9.55 Å². The van der Waals surface area contributed by atoms with Crippen LogP contribution in [0.2, 0.25) is 5.02 Å². The van der Waals surface area contributed by atoms with E-state index in [4.69, 9.17) is 16.6 Å². The van der Waals surface area contributed by atoms with Gasteiger partial charge in [0.15, 0.2) is 0 Å². The number of nitrogens with zero attached hydrogens (tertiary/aromatic N) is 2. The standard InChI is InChI=1S/C22H15ClN2/c23-19-11-10-18-13-25-14-21(24-22(25)20(18)12-19)17-8-6-16(7-9-17)15-4-2-1-3-5-15/h1-12,14H,13H2. The van der Waals surface area contributed by atoms with E-state index in [1.807, 2.05) is 18.2 Å². The lowest BCUT2D eigenvalue weighted by Gasteiger charge is -2.03. The smallest absolute Gasteiger partial charge is 0.141 e. The average Bonchev–Trinajstić information content (AvgIpc) is 3.21. The molecule has 5 rings (SSSR count). The van der Waals surface area contributed by atoms with Crippen LogP contribution in [-0.4, -0.2) is 9.55 Å². The Kier molecular flexibility index (Phi) is 3.25. The Morgan fingerprint density at radius 2 is 1.52 bits per heavy atom. The molecule has 0 aliphatic carbocycles. The Bertz CT molecular complexity index is 1060.